The normalized spacial score (nSPS) is 11.9. The van der Waals surface area contributed by atoms with E-state index in [4.69, 9.17) is 16.3 Å². The van der Waals surface area contributed by atoms with Gasteiger partial charge in [0.05, 0.1) is 0 Å². The number of hydrogen-bond donors (Lipinski definition) is 1. The van der Waals surface area contributed by atoms with E-state index in [-0.39, 0.29) is 6.10 Å². The van der Waals surface area contributed by atoms with Crippen LogP contribution in [0.15, 0.2) is 24.3 Å². The Morgan fingerprint density at radius 3 is 2.84 bits per heavy atom. The summed E-state index contributed by atoms with van der Waals surface area (Å²) >= 11 is 5.84. The molecule has 1 amide bonds. The number of halogens is 1. The van der Waals surface area contributed by atoms with Crippen molar-refractivity contribution in [1.82, 2.24) is 0 Å². The van der Waals surface area contributed by atoms with E-state index < -0.39 is 6.09 Å². The first-order valence-corrected chi connectivity index (χ1v) is 7.22. The first kappa shape index (κ1) is 15.8. The number of ether oxygens (including phenoxy) is 1. The summed E-state index contributed by atoms with van der Waals surface area (Å²) in [4.78, 5) is 11.6. The Hall–Kier alpha value is -1.22. The standard InChI is InChI=1S/C15H22ClNO2/c1-3-4-5-6-8-12(2)19-15(18)17-14-10-7-9-13(16)11-14/h7,9-12H,3-6,8H2,1-2H3,(H,17,18). The van der Waals surface area contributed by atoms with Crippen LogP contribution < -0.4 is 5.32 Å². The van der Waals surface area contributed by atoms with Crippen LogP contribution in [0, 0.1) is 0 Å². The number of carbonyl (C=O) groups excluding carboxylic acids is 1. The summed E-state index contributed by atoms with van der Waals surface area (Å²) in [6.45, 7) is 4.10. The molecule has 0 aliphatic heterocycles. The van der Waals surface area contributed by atoms with Crippen LogP contribution in [0.2, 0.25) is 5.02 Å². The molecule has 1 unspecified atom stereocenters. The summed E-state index contributed by atoms with van der Waals surface area (Å²) in [6, 6.07) is 7.01. The van der Waals surface area contributed by atoms with Crippen LogP contribution in [0.3, 0.4) is 0 Å². The average Bonchev–Trinajstić information content (AvgIpc) is 2.34. The van der Waals surface area contributed by atoms with Gasteiger partial charge in [0.2, 0.25) is 0 Å². The van der Waals surface area contributed by atoms with Crippen molar-refractivity contribution in [2.45, 2.75) is 52.1 Å². The molecule has 1 N–H and O–H groups in total. The van der Waals surface area contributed by atoms with Crippen molar-refractivity contribution >= 4 is 23.4 Å². The number of benzene rings is 1. The van der Waals surface area contributed by atoms with E-state index in [1.807, 2.05) is 6.92 Å². The monoisotopic (exact) mass is 283 g/mol. The molecular formula is C15H22ClNO2. The van der Waals surface area contributed by atoms with E-state index in [0.29, 0.717) is 10.7 Å². The zero-order valence-electron chi connectivity index (χ0n) is 11.6. The molecular weight excluding hydrogens is 262 g/mol. The third-order valence-electron chi connectivity index (χ3n) is 2.84. The maximum absolute atomic E-state index is 11.6. The molecule has 0 heterocycles. The largest absolute Gasteiger partial charge is 0.446 e. The highest BCUT2D eigenvalue weighted by Crippen LogP contribution is 2.15. The van der Waals surface area contributed by atoms with Gasteiger partial charge in [0.15, 0.2) is 0 Å². The first-order chi connectivity index (χ1) is 9.11. The Balaban J connectivity index is 2.26. The molecule has 3 nitrogen and oxygen atoms in total. The lowest BCUT2D eigenvalue weighted by molar-refractivity contribution is 0.114. The van der Waals surface area contributed by atoms with Crippen molar-refractivity contribution in [2.75, 3.05) is 5.32 Å². The molecule has 0 aliphatic rings. The Kier molecular flexibility index (Phi) is 7.34. The SMILES string of the molecule is CCCCCCC(C)OC(=O)Nc1cccc(Cl)c1. The van der Waals surface area contributed by atoms with E-state index in [1.165, 1.54) is 19.3 Å². The molecule has 19 heavy (non-hydrogen) atoms. The van der Waals surface area contributed by atoms with E-state index in [1.54, 1.807) is 24.3 Å². The van der Waals surface area contributed by atoms with Crippen molar-refractivity contribution in [1.29, 1.82) is 0 Å². The molecule has 0 aliphatic carbocycles. The fourth-order valence-corrected chi connectivity index (χ4v) is 2.00. The number of rotatable bonds is 7. The summed E-state index contributed by atoms with van der Waals surface area (Å²) in [6.07, 6.45) is 5.16. The maximum Gasteiger partial charge on any atom is 0.411 e. The van der Waals surface area contributed by atoms with Crippen molar-refractivity contribution in [3.05, 3.63) is 29.3 Å². The van der Waals surface area contributed by atoms with E-state index in [9.17, 15) is 4.79 Å². The summed E-state index contributed by atoms with van der Waals surface area (Å²) in [7, 11) is 0. The van der Waals surface area contributed by atoms with Gasteiger partial charge in [0.25, 0.3) is 0 Å². The highest BCUT2D eigenvalue weighted by molar-refractivity contribution is 6.30. The molecule has 1 rings (SSSR count). The van der Waals surface area contributed by atoms with Gasteiger partial charge in [0.1, 0.15) is 6.10 Å². The fraction of sp³-hybridized carbons (Fsp3) is 0.533. The Bertz CT molecular complexity index is 395. The van der Waals surface area contributed by atoms with Crippen LogP contribution in [-0.4, -0.2) is 12.2 Å². The summed E-state index contributed by atoms with van der Waals surface area (Å²) in [5, 5.41) is 3.26. The van der Waals surface area contributed by atoms with Crippen molar-refractivity contribution < 1.29 is 9.53 Å². The predicted octanol–water partition coefficient (Wildman–Crippen LogP) is 5.25. The molecule has 4 heteroatoms. The van der Waals surface area contributed by atoms with Gasteiger partial charge in [0, 0.05) is 10.7 Å². The minimum absolute atomic E-state index is 0.0592. The smallest absolute Gasteiger partial charge is 0.411 e. The molecule has 0 aromatic heterocycles. The minimum Gasteiger partial charge on any atom is -0.446 e. The van der Waals surface area contributed by atoms with Crippen LogP contribution >= 0.6 is 11.6 Å². The van der Waals surface area contributed by atoms with Crippen molar-refractivity contribution in [3.8, 4) is 0 Å². The van der Waals surface area contributed by atoms with Gasteiger partial charge in [-0.2, -0.15) is 0 Å². The summed E-state index contributed by atoms with van der Waals surface area (Å²) in [5.74, 6) is 0. The van der Waals surface area contributed by atoms with Crippen LogP contribution in [0.1, 0.15) is 46.0 Å². The van der Waals surface area contributed by atoms with Gasteiger partial charge in [-0.1, -0.05) is 43.9 Å². The second-order valence-electron chi connectivity index (χ2n) is 4.70. The van der Waals surface area contributed by atoms with Crippen molar-refractivity contribution in [2.24, 2.45) is 0 Å². The average molecular weight is 284 g/mol. The van der Waals surface area contributed by atoms with E-state index >= 15 is 0 Å². The molecule has 0 spiro atoms. The maximum atomic E-state index is 11.6. The number of carbonyl (C=O) groups is 1. The first-order valence-electron chi connectivity index (χ1n) is 6.85. The highest BCUT2D eigenvalue weighted by atomic mass is 35.5. The number of anilines is 1. The predicted molar refractivity (Wildman–Crippen MR) is 79.8 cm³/mol. The lowest BCUT2D eigenvalue weighted by atomic mass is 10.1. The molecule has 0 fully saturated rings. The highest BCUT2D eigenvalue weighted by Gasteiger charge is 2.09. The Labute approximate surface area is 120 Å². The van der Waals surface area contributed by atoms with Crippen LogP contribution in [-0.2, 0) is 4.74 Å². The summed E-state index contributed by atoms with van der Waals surface area (Å²) < 4.78 is 5.28. The second-order valence-corrected chi connectivity index (χ2v) is 5.14. The van der Waals surface area contributed by atoms with Crippen LogP contribution in [0.4, 0.5) is 10.5 Å². The Morgan fingerprint density at radius 1 is 1.37 bits per heavy atom. The molecule has 0 radical (unpaired) electrons. The molecule has 0 bridgehead atoms. The third kappa shape index (κ3) is 7.06. The lowest BCUT2D eigenvalue weighted by Crippen LogP contribution is -2.20. The third-order valence-corrected chi connectivity index (χ3v) is 3.08. The molecule has 0 saturated heterocycles. The molecule has 106 valence electrons. The number of hydrogen-bond acceptors (Lipinski definition) is 2. The number of nitrogens with one attached hydrogen (secondary N) is 1. The van der Waals surface area contributed by atoms with Gasteiger partial charge in [-0.15, -0.1) is 0 Å². The summed E-state index contributed by atoms with van der Waals surface area (Å²) in [5.41, 5.74) is 0.649. The second kappa shape index (κ2) is 8.81. The molecule has 1 aromatic carbocycles. The van der Waals surface area contributed by atoms with Crippen molar-refractivity contribution in [3.63, 3.8) is 0 Å². The zero-order valence-corrected chi connectivity index (χ0v) is 12.4. The van der Waals surface area contributed by atoms with Gasteiger partial charge < -0.3 is 4.74 Å². The van der Waals surface area contributed by atoms with Gasteiger partial charge in [-0.3, -0.25) is 5.32 Å². The molecule has 1 aromatic rings. The van der Waals surface area contributed by atoms with Gasteiger partial charge in [-0.25, -0.2) is 4.79 Å². The number of unbranched alkanes of at least 4 members (excludes halogenated alkanes) is 3. The van der Waals surface area contributed by atoms with Gasteiger partial charge >= 0.3 is 6.09 Å². The van der Waals surface area contributed by atoms with Crippen LogP contribution in [0.5, 0.6) is 0 Å². The molecule has 0 saturated carbocycles. The topological polar surface area (TPSA) is 38.3 Å². The quantitative estimate of drug-likeness (QED) is 0.694. The van der Waals surface area contributed by atoms with E-state index in [2.05, 4.69) is 12.2 Å². The Morgan fingerprint density at radius 2 is 2.16 bits per heavy atom. The lowest BCUT2D eigenvalue weighted by Gasteiger charge is -2.13. The van der Waals surface area contributed by atoms with Crippen LogP contribution in [0.25, 0.3) is 0 Å². The number of amides is 1. The van der Waals surface area contributed by atoms with Gasteiger partial charge in [-0.05, 0) is 38.0 Å². The van der Waals surface area contributed by atoms with E-state index in [0.717, 1.165) is 12.8 Å². The zero-order chi connectivity index (χ0) is 14.1. The molecule has 1 atom stereocenters. The minimum atomic E-state index is -0.426. The fourth-order valence-electron chi connectivity index (χ4n) is 1.81.